The highest BCUT2D eigenvalue weighted by molar-refractivity contribution is 5.96. The van der Waals surface area contributed by atoms with E-state index < -0.39 is 5.97 Å². The van der Waals surface area contributed by atoms with E-state index in [0.29, 0.717) is 34.0 Å². The Labute approximate surface area is 166 Å². The van der Waals surface area contributed by atoms with Gasteiger partial charge in [-0.2, -0.15) is 0 Å². The smallest absolute Gasteiger partial charge is 0.335 e. The first kappa shape index (κ1) is 17.7. The molecule has 0 unspecified atom stereocenters. The van der Waals surface area contributed by atoms with Crippen LogP contribution in [0.1, 0.15) is 30.1 Å². The fraction of sp³-hybridized carbons (Fsp3) is 0.217. The summed E-state index contributed by atoms with van der Waals surface area (Å²) >= 11 is 0. The van der Waals surface area contributed by atoms with Crippen molar-refractivity contribution in [3.8, 4) is 11.5 Å². The van der Waals surface area contributed by atoms with E-state index in [1.807, 2.05) is 12.1 Å². The molecule has 1 aliphatic heterocycles. The number of aromatic nitrogens is 1. The highest BCUT2D eigenvalue weighted by atomic mass is 19.1. The SMILES string of the molecule is C[C@H]1CCCN1c1cc2cc(C(=O)O)ccc2nc1-c1cc2cc(F)ccc2o1. The van der Waals surface area contributed by atoms with Crippen molar-refractivity contribution in [1.82, 2.24) is 4.98 Å². The lowest BCUT2D eigenvalue weighted by Gasteiger charge is -2.26. The third-order valence-corrected chi connectivity index (χ3v) is 5.62. The minimum atomic E-state index is -0.966. The summed E-state index contributed by atoms with van der Waals surface area (Å²) in [5, 5.41) is 10.8. The van der Waals surface area contributed by atoms with Crippen molar-refractivity contribution in [2.75, 3.05) is 11.4 Å². The summed E-state index contributed by atoms with van der Waals surface area (Å²) < 4.78 is 19.6. The lowest BCUT2D eigenvalue weighted by molar-refractivity contribution is 0.0697. The van der Waals surface area contributed by atoms with Gasteiger partial charge in [-0.3, -0.25) is 0 Å². The first-order chi connectivity index (χ1) is 14.0. The lowest BCUT2D eigenvalue weighted by Crippen LogP contribution is -2.27. The summed E-state index contributed by atoms with van der Waals surface area (Å²) in [5.41, 5.74) is 3.11. The Morgan fingerprint density at radius 3 is 2.79 bits per heavy atom. The second-order valence-electron chi connectivity index (χ2n) is 7.55. The second kappa shape index (κ2) is 6.58. The molecule has 146 valence electrons. The van der Waals surface area contributed by atoms with Gasteiger partial charge in [-0.25, -0.2) is 14.2 Å². The zero-order valence-electron chi connectivity index (χ0n) is 15.9. The van der Waals surface area contributed by atoms with Crippen molar-refractivity contribution >= 4 is 33.5 Å². The Morgan fingerprint density at radius 1 is 1.17 bits per heavy atom. The minimum Gasteiger partial charge on any atom is -0.478 e. The Hall–Kier alpha value is -3.41. The number of carboxylic acids is 1. The maximum atomic E-state index is 13.6. The van der Waals surface area contributed by atoms with Gasteiger partial charge in [0, 0.05) is 23.4 Å². The zero-order chi connectivity index (χ0) is 20.1. The van der Waals surface area contributed by atoms with Crippen LogP contribution in [0.2, 0.25) is 0 Å². The molecule has 0 aliphatic carbocycles. The largest absolute Gasteiger partial charge is 0.478 e. The van der Waals surface area contributed by atoms with Gasteiger partial charge in [-0.15, -0.1) is 0 Å². The molecule has 5 nitrogen and oxygen atoms in total. The Morgan fingerprint density at radius 2 is 2.03 bits per heavy atom. The summed E-state index contributed by atoms with van der Waals surface area (Å²) in [5.74, 6) is -0.707. The summed E-state index contributed by atoms with van der Waals surface area (Å²) in [4.78, 5) is 18.5. The quantitative estimate of drug-likeness (QED) is 0.502. The van der Waals surface area contributed by atoms with Crippen LogP contribution in [0.4, 0.5) is 10.1 Å². The average Bonchev–Trinajstić information content (AvgIpc) is 3.31. The van der Waals surface area contributed by atoms with E-state index in [9.17, 15) is 14.3 Å². The van der Waals surface area contributed by atoms with Crippen LogP contribution in [0.3, 0.4) is 0 Å². The molecule has 0 bridgehead atoms. The number of hydrogen-bond acceptors (Lipinski definition) is 4. The summed E-state index contributed by atoms with van der Waals surface area (Å²) in [6.07, 6.45) is 2.16. The standard InChI is InChI=1S/C23H19FN2O3/c1-13-3-2-8-26(13)19-11-15-9-14(23(27)28)4-6-18(15)25-22(19)21-12-16-10-17(24)5-7-20(16)29-21/h4-7,9-13H,2-3,8H2,1H3,(H,27,28)/t13-/m0/s1. The molecule has 0 saturated carbocycles. The molecule has 2 aromatic heterocycles. The fourth-order valence-corrected chi connectivity index (χ4v) is 4.12. The van der Waals surface area contributed by atoms with Gasteiger partial charge in [0.1, 0.15) is 17.1 Å². The first-order valence-corrected chi connectivity index (χ1v) is 9.64. The van der Waals surface area contributed by atoms with E-state index >= 15 is 0 Å². The van der Waals surface area contributed by atoms with E-state index in [-0.39, 0.29) is 11.4 Å². The van der Waals surface area contributed by atoms with Crippen molar-refractivity contribution in [3.63, 3.8) is 0 Å². The van der Waals surface area contributed by atoms with Crippen molar-refractivity contribution in [2.45, 2.75) is 25.8 Å². The molecule has 1 saturated heterocycles. The van der Waals surface area contributed by atoms with E-state index in [4.69, 9.17) is 9.40 Å². The summed E-state index contributed by atoms with van der Waals surface area (Å²) in [6.45, 7) is 3.07. The number of aromatic carboxylic acids is 1. The lowest BCUT2D eigenvalue weighted by atomic mass is 10.1. The van der Waals surface area contributed by atoms with Crippen LogP contribution >= 0.6 is 0 Å². The Balaban J connectivity index is 1.75. The van der Waals surface area contributed by atoms with Crippen LogP contribution < -0.4 is 4.90 Å². The molecule has 1 N–H and O–H groups in total. The second-order valence-corrected chi connectivity index (χ2v) is 7.55. The molecule has 6 heteroatoms. The van der Waals surface area contributed by atoms with E-state index in [2.05, 4.69) is 11.8 Å². The van der Waals surface area contributed by atoms with E-state index in [1.54, 1.807) is 24.3 Å². The Kier molecular flexibility index (Phi) is 4.01. The molecule has 2 aromatic carbocycles. The number of carbonyl (C=O) groups is 1. The highest BCUT2D eigenvalue weighted by Crippen LogP contribution is 2.38. The van der Waals surface area contributed by atoms with Gasteiger partial charge in [0.05, 0.1) is 16.8 Å². The van der Waals surface area contributed by atoms with Gasteiger partial charge in [-0.1, -0.05) is 0 Å². The molecule has 0 spiro atoms. The molecule has 1 fully saturated rings. The number of benzene rings is 2. The number of hydrogen-bond donors (Lipinski definition) is 1. The van der Waals surface area contributed by atoms with Crippen LogP contribution in [0.15, 0.2) is 52.9 Å². The Bertz CT molecular complexity index is 1260. The minimum absolute atomic E-state index is 0.228. The summed E-state index contributed by atoms with van der Waals surface area (Å²) in [7, 11) is 0. The van der Waals surface area contributed by atoms with Crippen LogP contribution in [0, 0.1) is 5.82 Å². The molecule has 0 amide bonds. The van der Waals surface area contributed by atoms with Crippen molar-refractivity contribution in [2.24, 2.45) is 0 Å². The molecular weight excluding hydrogens is 371 g/mol. The average molecular weight is 390 g/mol. The topological polar surface area (TPSA) is 66.6 Å². The van der Waals surface area contributed by atoms with Crippen LogP contribution in [0.5, 0.6) is 0 Å². The molecule has 1 aliphatic rings. The monoisotopic (exact) mass is 390 g/mol. The maximum absolute atomic E-state index is 13.6. The van der Waals surface area contributed by atoms with Crippen molar-refractivity contribution < 1.29 is 18.7 Å². The first-order valence-electron chi connectivity index (χ1n) is 9.64. The van der Waals surface area contributed by atoms with E-state index in [0.717, 1.165) is 30.5 Å². The van der Waals surface area contributed by atoms with Crippen LogP contribution in [0.25, 0.3) is 33.3 Å². The van der Waals surface area contributed by atoms with Crippen LogP contribution in [-0.2, 0) is 0 Å². The number of pyridine rings is 1. The molecule has 1 atom stereocenters. The molecule has 29 heavy (non-hydrogen) atoms. The molecule has 4 aromatic rings. The third-order valence-electron chi connectivity index (χ3n) is 5.62. The number of fused-ring (bicyclic) bond motifs is 2. The number of anilines is 1. The van der Waals surface area contributed by atoms with Crippen molar-refractivity contribution in [3.05, 3.63) is 59.9 Å². The van der Waals surface area contributed by atoms with Gasteiger partial charge in [0.15, 0.2) is 5.76 Å². The number of furan rings is 1. The van der Waals surface area contributed by atoms with Crippen molar-refractivity contribution in [1.29, 1.82) is 0 Å². The number of rotatable bonds is 3. The summed E-state index contributed by atoms with van der Waals surface area (Å²) in [6, 6.07) is 13.5. The zero-order valence-corrected chi connectivity index (χ0v) is 15.9. The van der Waals surface area contributed by atoms with Gasteiger partial charge in [-0.05, 0) is 68.3 Å². The maximum Gasteiger partial charge on any atom is 0.335 e. The number of nitrogens with zero attached hydrogens (tertiary/aromatic N) is 2. The number of carboxylic acid groups (broad SMARTS) is 1. The van der Waals surface area contributed by atoms with Gasteiger partial charge in [0.2, 0.25) is 0 Å². The predicted molar refractivity (Wildman–Crippen MR) is 110 cm³/mol. The normalized spacial score (nSPS) is 16.8. The molecule has 5 rings (SSSR count). The predicted octanol–water partition coefficient (Wildman–Crippen LogP) is 5.47. The number of halogens is 1. The third kappa shape index (κ3) is 3.01. The highest BCUT2D eigenvalue weighted by Gasteiger charge is 2.26. The van der Waals surface area contributed by atoms with Gasteiger partial charge < -0.3 is 14.4 Å². The van der Waals surface area contributed by atoms with Crippen LogP contribution in [-0.4, -0.2) is 28.6 Å². The fourth-order valence-electron chi connectivity index (χ4n) is 4.12. The molecular formula is C23H19FN2O3. The van der Waals surface area contributed by atoms with E-state index in [1.165, 1.54) is 12.1 Å². The molecule has 3 heterocycles. The van der Waals surface area contributed by atoms with Gasteiger partial charge >= 0.3 is 5.97 Å². The molecule has 0 radical (unpaired) electrons. The van der Waals surface area contributed by atoms with Gasteiger partial charge in [0.25, 0.3) is 0 Å².